The largest absolute Gasteiger partial charge is 0.493 e. The third kappa shape index (κ3) is 6.55. The van der Waals surface area contributed by atoms with Crippen LogP contribution in [0, 0.1) is 0 Å². The van der Waals surface area contributed by atoms with Gasteiger partial charge in [0.15, 0.2) is 23.0 Å². The molecule has 7 rings (SSSR count). The van der Waals surface area contributed by atoms with E-state index in [1.807, 2.05) is 41.4 Å². The number of hydrogen-bond donors (Lipinski definition) is 2. The molecule has 4 aliphatic rings. The van der Waals surface area contributed by atoms with Crippen molar-refractivity contribution >= 4 is 41.2 Å². The summed E-state index contributed by atoms with van der Waals surface area (Å²) in [6, 6.07) is 15.1. The van der Waals surface area contributed by atoms with Gasteiger partial charge in [-0.3, -0.25) is 24.2 Å². The maximum absolute atomic E-state index is 13.7. The van der Waals surface area contributed by atoms with Crippen LogP contribution in [0.15, 0.2) is 59.6 Å². The highest BCUT2D eigenvalue weighted by molar-refractivity contribution is 6.11. The van der Waals surface area contributed by atoms with Crippen LogP contribution in [-0.4, -0.2) is 91.7 Å². The van der Waals surface area contributed by atoms with Crippen LogP contribution in [0.5, 0.6) is 23.0 Å². The number of fused-ring (bicyclic) bond motifs is 4. The van der Waals surface area contributed by atoms with Crippen molar-refractivity contribution in [2.45, 2.75) is 56.8 Å². The number of hydrogen-bond acceptors (Lipinski definition) is 9. The highest BCUT2D eigenvalue weighted by Gasteiger charge is 2.43. The first-order chi connectivity index (χ1) is 24.3. The first-order valence-electron chi connectivity index (χ1n) is 16.8. The maximum atomic E-state index is 13.7. The number of rotatable bonds is 11. The molecule has 260 valence electrons. The molecule has 3 aromatic rings. The number of nitrogens with zero attached hydrogens (tertiary/aromatic N) is 3. The Bertz CT molecular complexity index is 1850. The second-order valence-electron chi connectivity index (χ2n) is 12.7. The summed E-state index contributed by atoms with van der Waals surface area (Å²) in [7, 11) is 3.01. The number of carbonyl (C=O) groups is 4. The van der Waals surface area contributed by atoms with Crippen LogP contribution in [0.2, 0.25) is 0 Å². The van der Waals surface area contributed by atoms with Crippen LogP contribution < -0.4 is 29.6 Å². The maximum Gasteiger partial charge on any atom is 0.256 e. The van der Waals surface area contributed by atoms with E-state index in [-0.39, 0.29) is 61.2 Å². The molecule has 4 heterocycles. The summed E-state index contributed by atoms with van der Waals surface area (Å²) in [6.45, 7) is 1.41. The summed E-state index contributed by atoms with van der Waals surface area (Å²) in [5.41, 5.74) is 2.61. The number of ether oxygens (including phenoxy) is 4. The lowest BCUT2D eigenvalue weighted by Gasteiger charge is -2.20. The molecule has 2 fully saturated rings. The minimum absolute atomic E-state index is 0.000614. The van der Waals surface area contributed by atoms with Gasteiger partial charge < -0.3 is 39.4 Å². The quantitative estimate of drug-likeness (QED) is 0.288. The Hall–Kier alpha value is -5.59. The minimum Gasteiger partial charge on any atom is -0.493 e. The Balaban J connectivity index is 0.939. The number of nitrogens with one attached hydrogen (secondary N) is 2. The van der Waals surface area contributed by atoms with E-state index in [9.17, 15) is 19.2 Å². The van der Waals surface area contributed by atoms with Crippen molar-refractivity contribution in [2.24, 2.45) is 4.99 Å². The number of methoxy groups -OCH3 is 2. The van der Waals surface area contributed by atoms with E-state index in [0.29, 0.717) is 59.5 Å². The molecule has 13 nitrogen and oxygen atoms in total. The molecule has 3 atom stereocenters. The van der Waals surface area contributed by atoms with Gasteiger partial charge in [-0.05, 0) is 43.4 Å². The van der Waals surface area contributed by atoms with Crippen LogP contribution in [-0.2, 0) is 16.2 Å². The van der Waals surface area contributed by atoms with Crippen molar-refractivity contribution in [1.82, 2.24) is 15.1 Å². The van der Waals surface area contributed by atoms with Gasteiger partial charge in [-0.2, -0.15) is 0 Å². The zero-order valence-corrected chi connectivity index (χ0v) is 28.0. The van der Waals surface area contributed by atoms with Gasteiger partial charge in [0.2, 0.25) is 11.8 Å². The van der Waals surface area contributed by atoms with Crippen LogP contribution in [0.25, 0.3) is 0 Å². The zero-order valence-electron chi connectivity index (χ0n) is 28.0. The second kappa shape index (κ2) is 14.1. The fraction of sp³-hybridized carbons (Fsp3) is 0.378. The van der Waals surface area contributed by atoms with Crippen molar-refractivity contribution in [2.75, 3.05) is 39.2 Å². The van der Waals surface area contributed by atoms with Crippen LogP contribution in [0.1, 0.15) is 58.4 Å². The van der Waals surface area contributed by atoms with Gasteiger partial charge in [-0.15, -0.1) is 0 Å². The zero-order chi connectivity index (χ0) is 34.8. The van der Waals surface area contributed by atoms with E-state index in [2.05, 4.69) is 15.6 Å². The molecular formula is C37H39N5O8. The fourth-order valence-electron chi connectivity index (χ4n) is 6.97. The van der Waals surface area contributed by atoms with Crippen LogP contribution in [0.4, 0.5) is 11.4 Å². The summed E-state index contributed by atoms with van der Waals surface area (Å²) >= 11 is 0. The van der Waals surface area contributed by atoms with E-state index in [1.165, 1.54) is 19.1 Å². The lowest BCUT2D eigenvalue weighted by Crippen LogP contribution is -2.41. The fourth-order valence-corrected chi connectivity index (χ4v) is 6.97. The highest BCUT2D eigenvalue weighted by atomic mass is 16.5. The molecule has 0 radical (unpaired) electrons. The van der Waals surface area contributed by atoms with E-state index < -0.39 is 12.1 Å². The second-order valence-corrected chi connectivity index (χ2v) is 12.7. The van der Waals surface area contributed by atoms with Crippen molar-refractivity contribution in [3.05, 3.63) is 71.3 Å². The first kappa shape index (κ1) is 32.9. The molecule has 4 amide bonds. The van der Waals surface area contributed by atoms with Gasteiger partial charge in [0.25, 0.3) is 11.8 Å². The van der Waals surface area contributed by atoms with E-state index in [1.54, 1.807) is 24.3 Å². The summed E-state index contributed by atoms with van der Waals surface area (Å²) in [4.78, 5) is 61.0. The van der Waals surface area contributed by atoms with Gasteiger partial charge >= 0.3 is 0 Å². The smallest absolute Gasteiger partial charge is 0.256 e. The third-order valence-electron chi connectivity index (χ3n) is 9.52. The average molecular weight is 682 g/mol. The Morgan fingerprint density at radius 1 is 0.920 bits per heavy atom. The minimum atomic E-state index is -0.741. The van der Waals surface area contributed by atoms with Gasteiger partial charge in [0, 0.05) is 43.9 Å². The van der Waals surface area contributed by atoms with Crippen LogP contribution in [0.3, 0.4) is 0 Å². The normalized spacial score (nSPS) is 20.5. The molecule has 4 aliphatic heterocycles. The van der Waals surface area contributed by atoms with Gasteiger partial charge in [-0.1, -0.05) is 30.3 Å². The molecule has 0 aromatic heterocycles. The summed E-state index contributed by atoms with van der Waals surface area (Å²) in [5, 5.41) is 5.86. The predicted molar refractivity (Wildman–Crippen MR) is 184 cm³/mol. The van der Waals surface area contributed by atoms with Crippen molar-refractivity contribution < 1.29 is 38.1 Å². The van der Waals surface area contributed by atoms with Gasteiger partial charge in [0.1, 0.15) is 12.6 Å². The third-order valence-corrected chi connectivity index (χ3v) is 9.52. The van der Waals surface area contributed by atoms with Crippen molar-refractivity contribution in [1.29, 1.82) is 0 Å². The summed E-state index contributed by atoms with van der Waals surface area (Å²) in [5.74, 6) is 0.702. The number of aliphatic imine (C=N–C) groups is 1. The van der Waals surface area contributed by atoms with E-state index >= 15 is 0 Å². The molecular weight excluding hydrogens is 642 g/mol. The van der Waals surface area contributed by atoms with Crippen molar-refractivity contribution in [3.8, 4) is 23.0 Å². The SMILES string of the molecule is COc1cc2c(cc1OCCCC(=O)N[C@H]1C[C@H]3C(=O)Nc4cc(OCc5ccccc5)c(OC)cc4C(=O)N3C1)N=C[C@@H]1CCCN1C2=O. The monoisotopic (exact) mass is 681 g/mol. The standard InChI is InChI=1S/C37H39N5O8/c1-47-30-15-25-27(38-19-24-10-6-12-41(24)36(25)45)17-32(30)49-13-7-11-34(43)39-23-14-29-35(44)40-28-18-33(50-21-22-8-4-3-5-9-22)31(48-2)16-26(28)37(46)42(29)20-23/h3-5,8-9,15-19,23-24,29H,6-7,10-14,20-21H2,1-2H3,(H,39,43)(H,40,44)/t23-,24-,29-/m0/s1. The molecule has 0 saturated carbocycles. The van der Waals surface area contributed by atoms with Gasteiger partial charge in [-0.25, -0.2) is 0 Å². The molecule has 2 saturated heterocycles. The predicted octanol–water partition coefficient (Wildman–Crippen LogP) is 4.11. The molecule has 3 aromatic carbocycles. The Morgan fingerprint density at radius 2 is 1.66 bits per heavy atom. The van der Waals surface area contributed by atoms with E-state index in [4.69, 9.17) is 18.9 Å². The number of anilines is 1. The summed E-state index contributed by atoms with van der Waals surface area (Å²) < 4.78 is 23.0. The molecule has 0 aliphatic carbocycles. The van der Waals surface area contributed by atoms with Gasteiger partial charge in [0.05, 0.1) is 49.4 Å². The first-order valence-corrected chi connectivity index (χ1v) is 16.8. The lowest BCUT2D eigenvalue weighted by molar-refractivity contribution is -0.122. The van der Waals surface area contributed by atoms with Crippen LogP contribution >= 0.6 is 0 Å². The molecule has 0 bridgehead atoms. The topological polar surface area (TPSA) is 148 Å². The number of benzene rings is 3. The molecule has 13 heteroatoms. The Morgan fingerprint density at radius 3 is 2.44 bits per heavy atom. The number of carbonyl (C=O) groups excluding carboxylic acids is 4. The Labute approximate surface area is 289 Å². The summed E-state index contributed by atoms with van der Waals surface area (Å²) in [6.07, 6.45) is 4.53. The van der Waals surface area contributed by atoms with Crippen molar-refractivity contribution in [3.63, 3.8) is 0 Å². The molecule has 2 N–H and O–H groups in total. The highest BCUT2D eigenvalue weighted by Crippen LogP contribution is 2.39. The average Bonchev–Trinajstić information content (AvgIpc) is 3.74. The molecule has 50 heavy (non-hydrogen) atoms. The molecule has 0 spiro atoms. The number of amides is 4. The lowest BCUT2D eigenvalue weighted by atomic mass is 10.1. The van der Waals surface area contributed by atoms with E-state index in [0.717, 1.165) is 18.4 Å². The Kier molecular flexibility index (Phi) is 9.29. The molecule has 0 unspecified atom stereocenters.